The molecule has 5 heteroatoms. The average molecular weight is 208 g/mol. The summed E-state index contributed by atoms with van der Waals surface area (Å²) in [6.07, 6.45) is 3.26. The van der Waals surface area contributed by atoms with Crippen molar-refractivity contribution >= 4 is 5.78 Å². The second-order valence-corrected chi connectivity index (χ2v) is 4.44. The molecule has 1 aromatic heterocycles. The highest BCUT2D eigenvalue weighted by Crippen LogP contribution is 2.29. The molecule has 2 atom stereocenters. The van der Waals surface area contributed by atoms with Crippen LogP contribution in [0.1, 0.15) is 32.0 Å². The minimum Gasteiger partial charge on any atom is -0.300 e. The van der Waals surface area contributed by atoms with Gasteiger partial charge in [-0.3, -0.25) is 4.79 Å². The summed E-state index contributed by atoms with van der Waals surface area (Å²) < 4.78 is 1.69. The van der Waals surface area contributed by atoms with Crippen LogP contribution in [0.15, 0.2) is 0 Å². The van der Waals surface area contributed by atoms with E-state index >= 15 is 0 Å². The van der Waals surface area contributed by atoms with Crippen molar-refractivity contribution in [3.8, 4) is 0 Å². The smallest absolute Gasteiger partial charge is 0.151 e. The first-order valence-corrected chi connectivity index (χ1v) is 5.39. The van der Waals surface area contributed by atoms with Crippen LogP contribution in [0, 0.1) is 11.8 Å². The molecule has 15 heavy (non-hydrogen) atoms. The van der Waals surface area contributed by atoms with E-state index in [9.17, 15) is 4.79 Å². The summed E-state index contributed by atoms with van der Waals surface area (Å²) in [4.78, 5) is 11.4. The number of Topliss-reactive ketones (excluding diaryl/α,β-unsaturated/α-hetero) is 1. The maximum absolute atomic E-state index is 11.4. The lowest BCUT2D eigenvalue weighted by Gasteiger charge is -2.27. The van der Waals surface area contributed by atoms with E-state index in [1.807, 2.05) is 7.05 Å². The Kier molecular flexibility index (Phi) is 2.79. The molecule has 1 heterocycles. The van der Waals surface area contributed by atoms with Gasteiger partial charge in [0.1, 0.15) is 5.78 Å². The van der Waals surface area contributed by atoms with Crippen molar-refractivity contribution in [2.24, 2.45) is 18.9 Å². The van der Waals surface area contributed by atoms with E-state index in [1.165, 1.54) is 0 Å². The van der Waals surface area contributed by atoms with Crippen molar-refractivity contribution in [1.82, 2.24) is 20.2 Å². The van der Waals surface area contributed by atoms with Crippen molar-refractivity contribution < 1.29 is 4.79 Å². The van der Waals surface area contributed by atoms with Gasteiger partial charge in [-0.25, -0.2) is 4.68 Å². The molecule has 5 nitrogen and oxygen atoms in total. The van der Waals surface area contributed by atoms with Crippen LogP contribution in [0.25, 0.3) is 0 Å². The fraction of sp³-hybridized carbons (Fsp3) is 0.800. The standard InChI is InChI=1S/C10H16N4O/c1-7-3-4-9(15)5-8(7)6-10-11-12-13-14(10)2/h7-8H,3-6H2,1-2H3. The van der Waals surface area contributed by atoms with Crippen LogP contribution >= 0.6 is 0 Å². The summed E-state index contributed by atoms with van der Waals surface area (Å²) in [6, 6.07) is 0. The Morgan fingerprint density at radius 3 is 3.00 bits per heavy atom. The number of rotatable bonds is 2. The van der Waals surface area contributed by atoms with Gasteiger partial charge in [-0.1, -0.05) is 6.92 Å². The average Bonchev–Trinajstić information content (AvgIpc) is 2.58. The predicted molar refractivity (Wildman–Crippen MR) is 54.0 cm³/mol. The zero-order valence-electron chi connectivity index (χ0n) is 9.18. The SMILES string of the molecule is CC1CCC(=O)CC1Cc1nnnn1C. The van der Waals surface area contributed by atoms with Crippen molar-refractivity contribution in [3.05, 3.63) is 5.82 Å². The van der Waals surface area contributed by atoms with Crippen LogP contribution in [0.5, 0.6) is 0 Å². The van der Waals surface area contributed by atoms with Crippen molar-refractivity contribution in [2.75, 3.05) is 0 Å². The Labute approximate surface area is 88.9 Å². The zero-order chi connectivity index (χ0) is 10.8. The summed E-state index contributed by atoms with van der Waals surface area (Å²) in [5.74, 6) is 2.27. The van der Waals surface area contributed by atoms with Gasteiger partial charge in [0.2, 0.25) is 0 Å². The van der Waals surface area contributed by atoms with E-state index in [0.717, 1.165) is 25.1 Å². The number of aromatic nitrogens is 4. The second kappa shape index (κ2) is 4.08. The molecule has 0 saturated heterocycles. The number of ketones is 1. The summed E-state index contributed by atoms with van der Waals surface area (Å²) in [5, 5.41) is 11.4. The molecule has 1 aromatic rings. The first kappa shape index (κ1) is 10.3. The van der Waals surface area contributed by atoms with Gasteiger partial charge < -0.3 is 0 Å². The number of carbonyl (C=O) groups excluding carboxylic acids is 1. The highest BCUT2D eigenvalue weighted by atomic mass is 16.1. The van der Waals surface area contributed by atoms with E-state index in [1.54, 1.807) is 4.68 Å². The Hall–Kier alpha value is -1.26. The van der Waals surface area contributed by atoms with Crippen molar-refractivity contribution in [3.63, 3.8) is 0 Å². The topological polar surface area (TPSA) is 60.7 Å². The highest BCUT2D eigenvalue weighted by Gasteiger charge is 2.27. The van der Waals surface area contributed by atoms with Gasteiger partial charge in [0, 0.05) is 26.3 Å². The Morgan fingerprint density at radius 1 is 1.53 bits per heavy atom. The first-order valence-electron chi connectivity index (χ1n) is 5.39. The second-order valence-electron chi connectivity index (χ2n) is 4.44. The van der Waals surface area contributed by atoms with Gasteiger partial charge in [-0.15, -0.1) is 5.10 Å². The maximum Gasteiger partial charge on any atom is 0.151 e. The molecule has 0 amide bonds. The lowest BCUT2D eigenvalue weighted by atomic mass is 9.78. The minimum absolute atomic E-state index is 0.383. The normalized spacial score (nSPS) is 26.9. The molecule has 2 unspecified atom stereocenters. The van der Waals surface area contributed by atoms with E-state index in [-0.39, 0.29) is 0 Å². The molecule has 1 aliphatic carbocycles. The zero-order valence-corrected chi connectivity index (χ0v) is 9.18. The molecule has 0 radical (unpaired) electrons. The van der Waals surface area contributed by atoms with Crippen molar-refractivity contribution in [2.45, 2.75) is 32.6 Å². The fourth-order valence-corrected chi connectivity index (χ4v) is 2.15. The molecule has 2 rings (SSSR count). The lowest BCUT2D eigenvalue weighted by molar-refractivity contribution is -0.122. The monoisotopic (exact) mass is 208 g/mol. The Balaban J connectivity index is 2.04. The molecule has 0 aromatic carbocycles. The van der Waals surface area contributed by atoms with E-state index in [0.29, 0.717) is 24.0 Å². The third kappa shape index (κ3) is 2.22. The van der Waals surface area contributed by atoms with Crippen LogP contribution in [0.2, 0.25) is 0 Å². The molecule has 1 aliphatic rings. The molecular weight excluding hydrogens is 192 g/mol. The summed E-state index contributed by atoms with van der Waals surface area (Å²) in [5.41, 5.74) is 0. The molecule has 0 spiro atoms. The number of nitrogens with zero attached hydrogens (tertiary/aromatic N) is 4. The van der Waals surface area contributed by atoms with Crippen LogP contribution in [0.4, 0.5) is 0 Å². The van der Waals surface area contributed by atoms with Gasteiger partial charge in [0.15, 0.2) is 5.82 Å². The number of hydrogen-bond acceptors (Lipinski definition) is 4. The summed E-state index contributed by atoms with van der Waals surface area (Å²) in [6.45, 7) is 2.21. The number of carbonyl (C=O) groups is 1. The maximum atomic E-state index is 11.4. The molecular formula is C10H16N4O. The Bertz CT molecular complexity index is 360. The Morgan fingerprint density at radius 2 is 2.33 bits per heavy atom. The molecule has 0 N–H and O–H groups in total. The summed E-state index contributed by atoms with van der Waals surface area (Å²) in [7, 11) is 1.84. The molecule has 1 fully saturated rings. The molecule has 1 saturated carbocycles. The van der Waals surface area contributed by atoms with E-state index in [4.69, 9.17) is 0 Å². The fourth-order valence-electron chi connectivity index (χ4n) is 2.15. The molecule has 0 bridgehead atoms. The molecule has 82 valence electrons. The largest absolute Gasteiger partial charge is 0.300 e. The first-order chi connectivity index (χ1) is 7.16. The van der Waals surface area contributed by atoms with Crippen LogP contribution in [-0.4, -0.2) is 26.0 Å². The van der Waals surface area contributed by atoms with Gasteiger partial charge >= 0.3 is 0 Å². The van der Waals surface area contributed by atoms with Gasteiger partial charge in [0.05, 0.1) is 0 Å². The quantitative estimate of drug-likeness (QED) is 0.719. The van der Waals surface area contributed by atoms with E-state index in [2.05, 4.69) is 22.4 Å². The van der Waals surface area contributed by atoms with Crippen LogP contribution in [-0.2, 0) is 18.3 Å². The van der Waals surface area contributed by atoms with Crippen molar-refractivity contribution in [1.29, 1.82) is 0 Å². The highest BCUT2D eigenvalue weighted by molar-refractivity contribution is 5.79. The third-order valence-corrected chi connectivity index (χ3v) is 3.33. The third-order valence-electron chi connectivity index (χ3n) is 3.33. The predicted octanol–water partition coefficient (Wildman–Crippen LogP) is 0.758. The number of hydrogen-bond donors (Lipinski definition) is 0. The van der Waals surface area contributed by atoms with Gasteiger partial charge in [-0.05, 0) is 28.7 Å². The van der Waals surface area contributed by atoms with Crippen LogP contribution < -0.4 is 0 Å². The van der Waals surface area contributed by atoms with Gasteiger partial charge in [-0.2, -0.15) is 0 Å². The van der Waals surface area contributed by atoms with Gasteiger partial charge in [0.25, 0.3) is 0 Å². The molecule has 0 aliphatic heterocycles. The van der Waals surface area contributed by atoms with Crippen LogP contribution in [0.3, 0.4) is 0 Å². The summed E-state index contributed by atoms with van der Waals surface area (Å²) >= 11 is 0. The lowest BCUT2D eigenvalue weighted by Crippen LogP contribution is -2.25. The number of aryl methyl sites for hydroxylation is 1. The minimum atomic E-state index is 0.383. The number of tetrazole rings is 1. The van der Waals surface area contributed by atoms with E-state index < -0.39 is 0 Å².